The summed E-state index contributed by atoms with van der Waals surface area (Å²) in [7, 11) is 0. The summed E-state index contributed by atoms with van der Waals surface area (Å²) in [5.41, 5.74) is 6.11. The van der Waals surface area contributed by atoms with Crippen LogP contribution in [0.5, 0.6) is 0 Å². The number of amides is 6. The fraction of sp³-hybridized carbons (Fsp3) is 0.379. The number of carbonyl (C=O) groups is 6. The summed E-state index contributed by atoms with van der Waals surface area (Å²) < 4.78 is 0. The molecule has 12 heteroatoms. The van der Waals surface area contributed by atoms with Crippen molar-refractivity contribution in [3.05, 3.63) is 179 Å². The van der Waals surface area contributed by atoms with Crippen molar-refractivity contribution in [3.8, 4) is 0 Å². The molecule has 2 heterocycles. The number of hydrogen-bond acceptors (Lipinski definition) is 6. The summed E-state index contributed by atoms with van der Waals surface area (Å²) >= 11 is 0. The summed E-state index contributed by atoms with van der Waals surface area (Å²) in [5, 5.41) is 12.8. The fourth-order valence-corrected chi connectivity index (χ4v) is 11.4. The van der Waals surface area contributed by atoms with Crippen LogP contribution in [-0.2, 0) is 41.6 Å². The van der Waals surface area contributed by atoms with Crippen LogP contribution in [0.15, 0.2) is 146 Å². The maximum atomic E-state index is 14.1. The maximum Gasteiger partial charge on any atom is 0.227 e. The van der Waals surface area contributed by atoms with Crippen LogP contribution in [0.2, 0.25) is 0 Å². The lowest BCUT2D eigenvalue weighted by Crippen LogP contribution is -2.43. The minimum Gasteiger partial charge on any atom is -0.352 e. The van der Waals surface area contributed by atoms with Gasteiger partial charge in [-0.3, -0.25) is 28.8 Å². The molecule has 11 rings (SSSR count). The number of likely N-dealkylation sites (tertiary alicyclic amines) is 2. The highest BCUT2D eigenvalue weighted by Crippen LogP contribution is 2.44. The van der Waals surface area contributed by atoms with Gasteiger partial charge in [-0.15, -0.1) is 0 Å². The van der Waals surface area contributed by atoms with Gasteiger partial charge in [-0.1, -0.05) is 146 Å². The Morgan fingerprint density at radius 3 is 0.871 bits per heavy atom. The van der Waals surface area contributed by atoms with Crippen molar-refractivity contribution in [1.82, 2.24) is 31.1 Å². The molecule has 6 fully saturated rings. The van der Waals surface area contributed by atoms with E-state index in [1.807, 2.05) is 97.1 Å². The van der Waals surface area contributed by atoms with Gasteiger partial charge in [0, 0.05) is 74.0 Å². The van der Waals surface area contributed by atoms with Crippen LogP contribution >= 0.6 is 0 Å². The molecule has 0 spiro atoms. The first kappa shape index (κ1) is 45.4. The third-order valence-corrected chi connectivity index (χ3v) is 15.8. The number of nitrogens with one attached hydrogen (secondary N) is 4. The molecule has 1 unspecified atom stereocenters. The summed E-state index contributed by atoms with van der Waals surface area (Å²) in [4.78, 5) is 87.5. The van der Waals surface area contributed by atoms with Gasteiger partial charge in [0.15, 0.2) is 0 Å². The number of nitrogens with zero attached hydrogens (tertiary/aromatic N) is 2. The van der Waals surface area contributed by atoms with Gasteiger partial charge in [0.05, 0.1) is 36.5 Å². The van der Waals surface area contributed by atoms with E-state index < -0.39 is 23.7 Å². The molecule has 2 saturated heterocycles. The van der Waals surface area contributed by atoms with E-state index in [1.165, 1.54) is 22.3 Å². The second kappa shape index (κ2) is 19.4. The average Bonchev–Trinajstić information content (AvgIpc) is 4.32. The molecule has 5 aromatic rings. The van der Waals surface area contributed by atoms with Crippen molar-refractivity contribution in [2.24, 2.45) is 23.7 Å². The van der Waals surface area contributed by atoms with E-state index in [0.717, 1.165) is 25.7 Å². The molecule has 4 aliphatic carbocycles. The topological polar surface area (TPSA) is 157 Å². The standard InChI is InChI=1S/C58H60N6O6/c65-53(63-31-45(55(67)59-49-27-41(49)37-16-5-1-6-17-37)46(32-63)56(68)60-50-28-42(50)38-18-7-2-8-19-38)25-35-14-13-15-36(24-35)26-54(66)64-33-47(57(69)61-51-29-43(51)39-20-9-3-10-21-39)48(34-64)58(70)62-52-30-44(52)40-22-11-4-12-23-40/h1-24,41-52H,25-34H2,(H,59,67)(H,60,68)(H,61,69)(H,62,70)/t41-,42-,43-,44-,45-,46-,47-,48-,49+,50+,51+,52?/m1/s1. The average molecular weight is 937 g/mol. The van der Waals surface area contributed by atoms with E-state index >= 15 is 0 Å². The first-order chi connectivity index (χ1) is 34.1. The van der Waals surface area contributed by atoms with E-state index in [2.05, 4.69) is 69.8 Å². The summed E-state index contributed by atoms with van der Waals surface area (Å²) in [6.45, 7) is 0.540. The van der Waals surface area contributed by atoms with Crippen molar-refractivity contribution in [1.29, 1.82) is 0 Å². The van der Waals surface area contributed by atoms with Crippen molar-refractivity contribution in [2.75, 3.05) is 26.2 Å². The highest BCUT2D eigenvalue weighted by molar-refractivity contribution is 5.93. The lowest BCUT2D eigenvalue weighted by Gasteiger charge is -2.18. The minimum atomic E-state index is -0.694. The SMILES string of the molecule is O=C(NC1C[C@@H]1c1ccccc1)[C@@H]1CN(C(=O)Cc2cccc(CC(=O)N3C[C@@H](C(=O)N[C@H]4C[C@@H]4c4ccccc4)[C@H](C(=O)N[C@H]4C[C@@H]4c4ccccc4)C3)c2)C[C@H]1C(=O)N[C@H]1C[C@@H]1c1ccccc1. The van der Waals surface area contributed by atoms with Crippen molar-refractivity contribution < 1.29 is 28.8 Å². The van der Waals surface area contributed by atoms with E-state index in [0.29, 0.717) is 11.1 Å². The zero-order valence-corrected chi connectivity index (χ0v) is 39.2. The van der Waals surface area contributed by atoms with Crippen LogP contribution in [0.1, 0.15) is 82.7 Å². The molecule has 358 valence electrons. The van der Waals surface area contributed by atoms with Gasteiger partial charge in [0.25, 0.3) is 0 Å². The van der Waals surface area contributed by atoms with E-state index in [1.54, 1.807) is 9.80 Å². The summed E-state index contributed by atoms with van der Waals surface area (Å²) in [6.07, 6.45) is 3.39. The van der Waals surface area contributed by atoms with Crippen LogP contribution < -0.4 is 21.3 Å². The Morgan fingerprint density at radius 2 is 0.614 bits per heavy atom. The Hall–Kier alpha value is -7.08. The van der Waals surface area contributed by atoms with Crippen molar-refractivity contribution in [3.63, 3.8) is 0 Å². The number of rotatable bonds is 16. The van der Waals surface area contributed by atoms with Gasteiger partial charge < -0.3 is 31.1 Å². The van der Waals surface area contributed by atoms with Crippen LogP contribution in [0.25, 0.3) is 0 Å². The molecule has 4 saturated carbocycles. The molecule has 12 nitrogen and oxygen atoms in total. The highest BCUT2D eigenvalue weighted by atomic mass is 16.2. The number of hydrogen-bond donors (Lipinski definition) is 4. The largest absolute Gasteiger partial charge is 0.352 e. The van der Waals surface area contributed by atoms with E-state index in [-0.39, 0.29) is 122 Å². The van der Waals surface area contributed by atoms with Crippen molar-refractivity contribution in [2.45, 2.75) is 86.4 Å². The van der Waals surface area contributed by atoms with Crippen LogP contribution in [0.3, 0.4) is 0 Å². The molecule has 70 heavy (non-hydrogen) atoms. The second-order valence-corrected chi connectivity index (χ2v) is 20.7. The molecule has 6 amide bonds. The Labute approximate surface area is 409 Å². The summed E-state index contributed by atoms with van der Waals surface area (Å²) in [6, 6.07) is 47.7. The van der Waals surface area contributed by atoms with E-state index in [9.17, 15) is 28.8 Å². The summed E-state index contributed by atoms with van der Waals surface area (Å²) in [5.74, 6) is -3.09. The Morgan fingerprint density at radius 1 is 0.357 bits per heavy atom. The zero-order valence-electron chi connectivity index (χ0n) is 39.2. The fourth-order valence-electron chi connectivity index (χ4n) is 11.4. The van der Waals surface area contributed by atoms with Gasteiger partial charge in [0.2, 0.25) is 35.4 Å². The quantitative estimate of drug-likeness (QED) is 0.101. The Balaban J connectivity index is 0.731. The van der Waals surface area contributed by atoms with Gasteiger partial charge >= 0.3 is 0 Å². The number of carbonyl (C=O) groups excluding carboxylic acids is 6. The first-order valence-corrected chi connectivity index (χ1v) is 25.2. The minimum absolute atomic E-state index is 0.0165. The van der Waals surface area contributed by atoms with Crippen LogP contribution in [0, 0.1) is 23.7 Å². The monoisotopic (exact) mass is 936 g/mol. The molecular weight excluding hydrogens is 877 g/mol. The third-order valence-electron chi connectivity index (χ3n) is 15.8. The van der Waals surface area contributed by atoms with Crippen LogP contribution in [0.4, 0.5) is 0 Å². The highest BCUT2D eigenvalue weighted by Gasteiger charge is 2.51. The molecule has 0 radical (unpaired) electrons. The van der Waals surface area contributed by atoms with Gasteiger partial charge in [-0.25, -0.2) is 0 Å². The molecule has 0 aromatic heterocycles. The Kier molecular flexibility index (Phi) is 12.6. The predicted molar refractivity (Wildman–Crippen MR) is 264 cm³/mol. The zero-order chi connectivity index (χ0) is 47.9. The first-order valence-electron chi connectivity index (χ1n) is 25.2. The Bertz CT molecular complexity index is 2420. The van der Waals surface area contributed by atoms with Gasteiger partial charge in [-0.2, -0.15) is 0 Å². The predicted octanol–water partition coefficient (Wildman–Crippen LogP) is 5.61. The van der Waals surface area contributed by atoms with Crippen molar-refractivity contribution >= 4 is 35.4 Å². The lowest BCUT2D eigenvalue weighted by atomic mass is 9.94. The molecule has 12 atom stereocenters. The molecule has 2 aliphatic heterocycles. The third kappa shape index (κ3) is 10.1. The van der Waals surface area contributed by atoms with Gasteiger partial charge in [-0.05, 0) is 59.1 Å². The molecule has 5 aromatic carbocycles. The maximum absolute atomic E-state index is 14.1. The normalized spacial score (nSPS) is 29.1. The molecule has 4 N–H and O–H groups in total. The van der Waals surface area contributed by atoms with Gasteiger partial charge in [0.1, 0.15) is 0 Å². The lowest BCUT2D eigenvalue weighted by molar-refractivity contribution is -0.133. The van der Waals surface area contributed by atoms with Crippen LogP contribution in [-0.4, -0.2) is 95.6 Å². The smallest absolute Gasteiger partial charge is 0.227 e. The molecular formula is C58H60N6O6. The van der Waals surface area contributed by atoms with E-state index in [4.69, 9.17) is 0 Å². The number of benzene rings is 5. The molecule has 6 aliphatic rings. The molecule has 0 bridgehead atoms. The second-order valence-electron chi connectivity index (χ2n) is 20.7.